The van der Waals surface area contributed by atoms with E-state index in [9.17, 15) is 24.3 Å². The van der Waals surface area contributed by atoms with Crippen LogP contribution in [0.5, 0.6) is 0 Å². The Labute approximate surface area is 223 Å². The van der Waals surface area contributed by atoms with E-state index in [4.69, 9.17) is 9.47 Å². The van der Waals surface area contributed by atoms with Crippen LogP contribution in [0.1, 0.15) is 44.9 Å². The van der Waals surface area contributed by atoms with Gasteiger partial charge in [0.2, 0.25) is 5.91 Å². The largest absolute Gasteiger partial charge is 0.481 e. The number of carbonyl (C=O) groups is 4. The van der Waals surface area contributed by atoms with Crippen LogP contribution in [0.4, 0.5) is 0 Å². The molecule has 0 radical (unpaired) electrons. The van der Waals surface area contributed by atoms with Crippen molar-refractivity contribution in [3.8, 4) is 0 Å². The molecule has 4 bridgehead atoms. The minimum atomic E-state index is -0.889. The Morgan fingerprint density at radius 2 is 1.16 bits per heavy atom. The Balaban J connectivity index is 0.000000131. The fourth-order valence-electron chi connectivity index (χ4n) is 7.11. The summed E-state index contributed by atoms with van der Waals surface area (Å²) in [6, 6.07) is 0. The van der Waals surface area contributed by atoms with Gasteiger partial charge in [-0.1, -0.05) is 6.42 Å². The molecule has 8 atom stereocenters. The van der Waals surface area contributed by atoms with Gasteiger partial charge in [-0.15, -0.1) is 0 Å². The van der Waals surface area contributed by atoms with Gasteiger partial charge in [0.05, 0.1) is 48.1 Å². The zero-order chi connectivity index (χ0) is 27.0. The summed E-state index contributed by atoms with van der Waals surface area (Å²) in [5.74, 6) is -3.35. The number of esters is 2. The zero-order valence-electron chi connectivity index (χ0n) is 22.5. The molecule has 1 amide bonds. The molecule has 11 heteroatoms. The summed E-state index contributed by atoms with van der Waals surface area (Å²) in [6.07, 6.45) is 7.13. The Hall–Kier alpha value is -2.08. The smallest absolute Gasteiger partial charge is 0.320 e. The first-order valence-electron chi connectivity index (χ1n) is 14.2. The van der Waals surface area contributed by atoms with Gasteiger partial charge in [-0.25, -0.2) is 0 Å². The number of carboxylic acid groups (broad SMARTS) is 1. The van der Waals surface area contributed by atoms with E-state index >= 15 is 0 Å². The maximum atomic E-state index is 12.6. The number of fused-ring (bicyclic) bond motifs is 7. The van der Waals surface area contributed by atoms with Gasteiger partial charge in [0, 0.05) is 26.2 Å². The summed E-state index contributed by atoms with van der Waals surface area (Å²) < 4.78 is 15.7. The van der Waals surface area contributed by atoms with Crippen molar-refractivity contribution in [3.63, 3.8) is 0 Å². The van der Waals surface area contributed by atoms with Crippen molar-refractivity contribution in [2.45, 2.75) is 69.4 Å². The van der Waals surface area contributed by atoms with Gasteiger partial charge in [-0.2, -0.15) is 0 Å². The summed E-state index contributed by atoms with van der Waals surface area (Å²) >= 11 is 0. The third-order valence-corrected chi connectivity index (χ3v) is 9.26. The fraction of sp³-hybridized carbons (Fsp3) is 0.852. The van der Waals surface area contributed by atoms with Crippen molar-refractivity contribution in [2.24, 2.45) is 23.7 Å². The standard InChI is InChI=1S/C13H20N2O4.C8H8O4.C6H13N/c1-14-4-6-15(7-5-14)12(16)10-8-2-3-9(19-8)11(10)13(17)18;9-7-5-3-1-2-4(11-3)6(5)8(10)12-7;1-7-5-3-2-4-6-7/h8-11H,2-7H2,1H3,(H,17,18);3-6H,1-2H2;2-6H2,1H3. The number of carboxylic acids is 1. The molecule has 38 heavy (non-hydrogen) atoms. The highest BCUT2D eigenvalue weighted by molar-refractivity contribution is 5.97. The summed E-state index contributed by atoms with van der Waals surface area (Å²) in [4.78, 5) is 52.6. The van der Waals surface area contributed by atoms with Gasteiger partial charge >= 0.3 is 17.9 Å². The van der Waals surface area contributed by atoms with E-state index in [0.717, 1.165) is 38.8 Å². The monoisotopic (exact) mass is 535 g/mol. The Morgan fingerprint density at radius 3 is 1.66 bits per heavy atom. The topological polar surface area (TPSA) is 126 Å². The summed E-state index contributed by atoms with van der Waals surface area (Å²) in [6.45, 7) is 5.72. The molecule has 0 aromatic carbocycles. The highest BCUT2D eigenvalue weighted by Crippen LogP contribution is 2.47. The van der Waals surface area contributed by atoms with E-state index in [2.05, 4.69) is 21.6 Å². The second-order valence-corrected chi connectivity index (χ2v) is 11.8. The highest BCUT2D eigenvalue weighted by atomic mass is 16.6. The molecular formula is C27H41N3O8. The maximum Gasteiger partial charge on any atom is 0.320 e. The van der Waals surface area contributed by atoms with Crippen molar-refractivity contribution >= 4 is 23.8 Å². The molecule has 7 saturated heterocycles. The molecule has 212 valence electrons. The molecule has 0 aliphatic carbocycles. The van der Waals surface area contributed by atoms with Crippen LogP contribution in [0.2, 0.25) is 0 Å². The van der Waals surface area contributed by atoms with Crippen molar-refractivity contribution in [1.29, 1.82) is 0 Å². The molecule has 7 rings (SSSR count). The second kappa shape index (κ2) is 11.6. The predicted octanol–water partition coefficient (Wildman–Crippen LogP) is 0.604. The van der Waals surface area contributed by atoms with E-state index in [-0.39, 0.29) is 54.1 Å². The number of ether oxygens (including phenoxy) is 3. The fourth-order valence-corrected chi connectivity index (χ4v) is 7.11. The quantitative estimate of drug-likeness (QED) is 0.397. The van der Waals surface area contributed by atoms with Crippen LogP contribution in [0.3, 0.4) is 0 Å². The molecule has 7 aliphatic rings. The maximum absolute atomic E-state index is 12.6. The lowest BCUT2D eigenvalue weighted by molar-refractivity contribution is -0.156. The number of piperazine rings is 1. The van der Waals surface area contributed by atoms with E-state index in [1.165, 1.54) is 32.4 Å². The first-order chi connectivity index (χ1) is 18.2. The number of cyclic esters (lactones) is 2. The predicted molar refractivity (Wildman–Crippen MR) is 134 cm³/mol. The minimum absolute atomic E-state index is 0.0206. The van der Waals surface area contributed by atoms with Crippen molar-refractivity contribution in [1.82, 2.24) is 14.7 Å². The molecule has 8 unspecified atom stereocenters. The van der Waals surface area contributed by atoms with Crippen LogP contribution in [0, 0.1) is 23.7 Å². The highest BCUT2D eigenvalue weighted by Gasteiger charge is 2.61. The third kappa shape index (κ3) is 5.48. The molecule has 0 aromatic rings. The lowest BCUT2D eigenvalue weighted by Crippen LogP contribution is -2.52. The SMILES string of the molecule is CN1CCCCC1.CN1CCN(C(=O)C2C3CCC(O3)C2C(=O)O)CC1.O=C1OC(=O)C2C3CCC(O3)C12. The summed E-state index contributed by atoms with van der Waals surface area (Å²) in [7, 11) is 4.22. The van der Waals surface area contributed by atoms with Gasteiger partial charge in [0.15, 0.2) is 0 Å². The summed E-state index contributed by atoms with van der Waals surface area (Å²) in [5.41, 5.74) is 0. The molecule has 0 spiro atoms. The minimum Gasteiger partial charge on any atom is -0.481 e. The molecule has 7 aliphatic heterocycles. The zero-order valence-corrected chi connectivity index (χ0v) is 22.5. The Kier molecular flexibility index (Phi) is 8.37. The molecule has 0 saturated carbocycles. The van der Waals surface area contributed by atoms with Crippen LogP contribution < -0.4 is 0 Å². The van der Waals surface area contributed by atoms with Crippen molar-refractivity contribution in [2.75, 3.05) is 53.4 Å². The van der Waals surface area contributed by atoms with Crippen molar-refractivity contribution < 1.29 is 38.5 Å². The number of amides is 1. The van der Waals surface area contributed by atoms with Crippen LogP contribution in [-0.2, 0) is 33.4 Å². The molecule has 11 nitrogen and oxygen atoms in total. The average molecular weight is 536 g/mol. The average Bonchev–Trinajstić information content (AvgIpc) is 3.73. The number of aliphatic carboxylic acids is 1. The van der Waals surface area contributed by atoms with Crippen LogP contribution in [0.25, 0.3) is 0 Å². The first-order valence-corrected chi connectivity index (χ1v) is 14.2. The van der Waals surface area contributed by atoms with E-state index < -0.39 is 17.8 Å². The van der Waals surface area contributed by atoms with E-state index in [1.807, 2.05) is 11.9 Å². The number of nitrogens with zero attached hydrogens (tertiary/aromatic N) is 3. The number of rotatable bonds is 2. The molecular weight excluding hydrogens is 494 g/mol. The van der Waals surface area contributed by atoms with Gasteiger partial charge in [0.1, 0.15) is 0 Å². The number of likely N-dealkylation sites (N-methyl/N-ethyl adjacent to an activating group) is 1. The van der Waals surface area contributed by atoms with Crippen molar-refractivity contribution in [3.05, 3.63) is 0 Å². The normalized spacial score (nSPS) is 39.7. The lowest BCUT2D eigenvalue weighted by Gasteiger charge is -2.36. The van der Waals surface area contributed by atoms with E-state index in [1.54, 1.807) is 0 Å². The van der Waals surface area contributed by atoms with Gasteiger partial charge in [-0.05, 0) is 65.7 Å². The Morgan fingerprint density at radius 1 is 0.684 bits per heavy atom. The van der Waals surface area contributed by atoms with Gasteiger partial charge in [-0.3, -0.25) is 19.2 Å². The van der Waals surface area contributed by atoms with Gasteiger partial charge < -0.3 is 34.0 Å². The number of hydrogen-bond acceptors (Lipinski definition) is 9. The number of piperidine rings is 1. The molecule has 0 aromatic heterocycles. The first kappa shape index (κ1) is 27.5. The van der Waals surface area contributed by atoms with Crippen LogP contribution >= 0.6 is 0 Å². The second-order valence-electron chi connectivity index (χ2n) is 11.8. The lowest BCUT2D eigenvalue weighted by atomic mass is 9.78. The molecule has 7 heterocycles. The van der Waals surface area contributed by atoms with Crippen LogP contribution in [-0.4, -0.2) is 121 Å². The van der Waals surface area contributed by atoms with Crippen LogP contribution in [0.15, 0.2) is 0 Å². The van der Waals surface area contributed by atoms with E-state index in [0.29, 0.717) is 13.1 Å². The van der Waals surface area contributed by atoms with Gasteiger partial charge in [0.25, 0.3) is 0 Å². The third-order valence-electron chi connectivity index (χ3n) is 9.26. The number of hydrogen-bond donors (Lipinski definition) is 1. The Bertz CT molecular complexity index is 890. The molecule has 1 N–H and O–H groups in total. The number of carbonyl (C=O) groups excluding carboxylic acids is 3. The molecule has 7 fully saturated rings. The number of likely N-dealkylation sites (tertiary alicyclic amines) is 1. The summed E-state index contributed by atoms with van der Waals surface area (Å²) in [5, 5.41) is 9.34.